The van der Waals surface area contributed by atoms with Gasteiger partial charge in [0.1, 0.15) is 0 Å². The lowest BCUT2D eigenvalue weighted by atomic mass is 9.94. The van der Waals surface area contributed by atoms with Crippen molar-refractivity contribution in [1.29, 1.82) is 0 Å². The molecule has 2 unspecified atom stereocenters. The SMILES string of the molecule is NC(=O)C1CCNCCC1NC1CC1. The maximum absolute atomic E-state index is 11.3. The number of hydrogen-bond acceptors (Lipinski definition) is 3. The molecule has 0 radical (unpaired) electrons. The number of carbonyl (C=O) groups is 1. The van der Waals surface area contributed by atoms with Gasteiger partial charge in [-0.15, -0.1) is 0 Å². The van der Waals surface area contributed by atoms with E-state index in [1.54, 1.807) is 0 Å². The van der Waals surface area contributed by atoms with E-state index in [9.17, 15) is 4.79 Å². The van der Waals surface area contributed by atoms with Crippen LogP contribution in [0.4, 0.5) is 0 Å². The number of hydrogen-bond donors (Lipinski definition) is 3. The van der Waals surface area contributed by atoms with Crippen LogP contribution in [-0.2, 0) is 4.79 Å². The maximum atomic E-state index is 11.3. The fourth-order valence-electron chi connectivity index (χ4n) is 2.14. The first-order valence-electron chi connectivity index (χ1n) is 5.53. The summed E-state index contributed by atoms with van der Waals surface area (Å²) in [4.78, 5) is 11.3. The summed E-state index contributed by atoms with van der Waals surface area (Å²) in [7, 11) is 0. The summed E-state index contributed by atoms with van der Waals surface area (Å²) in [6.45, 7) is 1.91. The predicted molar refractivity (Wildman–Crippen MR) is 54.7 cm³/mol. The molecule has 1 amide bonds. The number of primary amides is 1. The molecule has 1 aliphatic heterocycles. The van der Waals surface area contributed by atoms with Crippen molar-refractivity contribution in [3.8, 4) is 0 Å². The number of nitrogens with two attached hydrogens (primary N) is 1. The van der Waals surface area contributed by atoms with Gasteiger partial charge >= 0.3 is 0 Å². The van der Waals surface area contributed by atoms with Gasteiger partial charge in [0.25, 0.3) is 0 Å². The van der Waals surface area contributed by atoms with Crippen LogP contribution in [0.1, 0.15) is 25.7 Å². The molecule has 14 heavy (non-hydrogen) atoms. The zero-order valence-corrected chi connectivity index (χ0v) is 8.46. The van der Waals surface area contributed by atoms with Crippen molar-refractivity contribution >= 4 is 5.91 Å². The Bertz CT molecular complexity index is 215. The van der Waals surface area contributed by atoms with E-state index in [0.717, 1.165) is 25.9 Å². The first kappa shape index (κ1) is 9.93. The van der Waals surface area contributed by atoms with E-state index in [4.69, 9.17) is 5.73 Å². The second-order valence-corrected chi connectivity index (χ2v) is 4.38. The molecule has 0 aromatic carbocycles. The molecule has 0 aromatic rings. The van der Waals surface area contributed by atoms with Gasteiger partial charge in [-0.05, 0) is 38.8 Å². The van der Waals surface area contributed by atoms with E-state index in [1.165, 1.54) is 12.8 Å². The molecule has 0 spiro atoms. The Morgan fingerprint density at radius 3 is 2.57 bits per heavy atom. The number of carbonyl (C=O) groups excluding carboxylic acids is 1. The predicted octanol–water partition coefficient (Wildman–Crippen LogP) is -0.408. The molecular formula is C10H19N3O. The molecule has 4 heteroatoms. The number of nitrogens with one attached hydrogen (secondary N) is 2. The molecule has 1 saturated carbocycles. The molecule has 1 aliphatic carbocycles. The van der Waals surface area contributed by atoms with Gasteiger partial charge < -0.3 is 16.4 Å². The molecule has 2 rings (SSSR count). The van der Waals surface area contributed by atoms with Crippen LogP contribution in [0.15, 0.2) is 0 Å². The Kier molecular flexibility index (Phi) is 3.03. The van der Waals surface area contributed by atoms with Gasteiger partial charge in [-0.2, -0.15) is 0 Å². The van der Waals surface area contributed by atoms with E-state index < -0.39 is 0 Å². The first-order chi connectivity index (χ1) is 6.77. The minimum Gasteiger partial charge on any atom is -0.369 e. The van der Waals surface area contributed by atoms with Gasteiger partial charge in [0, 0.05) is 12.1 Å². The zero-order chi connectivity index (χ0) is 9.97. The summed E-state index contributed by atoms with van der Waals surface area (Å²) in [5, 5.41) is 6.83. The summed E-state index contributed by atoms with van der Waals surface area (Å²) in [6, 6.07) is 0.954. The van der Waals surface area contributed by atoms with Crippen LogP contribution in [0, 0.1) is 5.92 Å². The summed E-state index contributed by atoms with van der Waals surface area (Å²) >= 11 is 0. The summed E-state index contributed by atoms with van der Waals surface area (Å²) < 4.78 is 0. The highest BCUT2D eigenvalue weighted by Crippen LogP contribution is 2.23. The van der Waals surface area contributed by atoms with Crippen LogP contribution < -0.4 is 16.4 Å². The van der Waals surface area contributed by atoms with Crippen molar-refractivity contribution < 1.29 is 4.79 Å². The Balaban J connectivity index is 1.94. The molecule has 1 saturated heterocycles. The summed E-state index contributed by atoms with van der Waals surface area (Å²) in [5.74, 6) is -0.127. The standard InChI is InChI=1S/C10H19N3O/c11-10(14)8-3-5-12-6-4-9(8)13-7-1-2-7/h7-9,12-13H,1-6H2,(H2,11,14). The van der Waals surface area contributed by atoms with Crippen molar-refractivity contribution in [2.45, 2.75) is 37.8 Å². The van der Waals surface area contributed by atoms with Crippen molar-refractivity contribution in [3.63, 3.8) is 0 Å². The number of rotatable bonds is 3. The fraction of sp³-hybridized carbons (Fsp3) is 0.900. The molecule has 2 aliphatic rings. The first-order valence-corrected chi connectivity index (χ1v) is 5.53. The monoisotopic (exact) mass is 197 g/mol. The Morgan fingerprint density at radius 2 is 1.93 bits per heavy atom. The third kappa shape index (κ3) is 2.45. The second-order valence-electron chi connectivity index (χ2n) is 4.38. The van der Waals surface area contributed by atoms with Gasteiger partial charge in [0.05, 0.1) is 5.92 Å². The third-order valence-electron chi connectivity index (χ3n) is 3.14. The Morgan fingerprint density at radius 1 is 1.21 bits per heavy atom. The topological polar surface area (TPSA) is 67.2 Å². The molecule has 4 N–H and O–H groups in total. The van der Waals surface area contributed by atoms with Gasteiger partial charge in [-0.3, -0.25) is 4.79 Å². The van der Waals surface area contributed by atoms with Crippen LogP contribution in [0.5, 0.6) is 0 Å². The molecule has 0 bridgehead atoms. The van der Waals surface area contributed by atoms with Gasteiger partial charge in [0.15, 0.2) is 0 Å². The van der Waals surface area contributed by atoms with Gasteiger partial charge in [-0.1, -0.05) is 0 Å². The van der Waals surface area contributed by atoms with Crippen molar-refractivity contribution in [3.05, 3.63) is 0 Å². The zero-order valence-electron chi connectivity index (χ0n) is 8.46. The highest BCUT2D eigenvalue weighted by atomic mass is 16.1. The van der Waals surface area contributed by atoms with Crippen LogP contribution in [0.25, 0.3) is 0 Å². The largest absolute Gasteiger partial charge is 0.369 e. The highest BCUT2D eigenvalue weighted by Gasteiger charge is 2.32. The third-order valence-corrected chi connectivity index (χ3v) is 3.14. The normalized spacial score (nSPS) is 33.7. The van der Waals surface area contributed by atoms with Crippen molar-refractivity contribution in [1.82, 2.24) is 10.6 Å². The number of amides is 1. The molecular weight excluding hydrogens is 178 g/mol. The van der Waals surface area contributed by atoms with E-state index in [2.05, 4.69) is 10.6 Å². The Labute approximate surface area is 84.6 Å². The van der Waals surface area contributed by atoms with E-state index >= 15 is 0 Å². The lowest BCUT2D eigenvalue weighted by Gasteiger charge is -2.23. The van der Waals surface area contributed by atoms with E-state index in [-0.39, 0.29) is 11.8 Å². The lowest BCUT2D eigenvalue weighted by molar-refractivity contribution is -0.122. The quantitative estimate of drug-likeness (QED) is 0.576. The van der Waals surface area contributed by atoms with E-state index in [0.29, 0.717) is 12.1 Å². The summed E-state index contributed by atoms with van der Waals surface area (Å²) in [6.07, 6.45) is 4.41. The molecule has 4 nitrogen and oxygen atoms in total. The van der Waals surface area contributed by atoms with Crippen LogP contribution in [0.2, 0.25) is 0 Å². The van der Waals surface area contributed by atoms with E-state index in [1.807, 2.05) is 0 Å². The minimum atomic E-state index is -0.146. The molecule has 1 heterocycles. The fourth-order valence-corrected chi connectivity index (χ4v) is 2.14. The Hall–Kier alpha value is -0.610. The average molecular weight is 197 g/mol. The molecule has 2 atom stereocenters. The average Bonchev–Trinajstić information content (AvgIpc) is 2.92. The van der Waals surface area contributed by atoms with Crippen molar-refractivity contribution in [2.24, 2.45) is 11.7 Å². The van der Waals surface area contributed by atoms with Gasteiger partial charge in [-0.25, -0.2) is 0 Å². The second kappa shape index (κ2) is 4.28. The maximum Gasteiger partial charge on any atom is 0.222 e. The van der Waals surface area contributed by atoms with Crippen LogP contribution in [-0.4, -0.2) is 31.1 Å². The summed E-state index contributed by atoms with van der Waals surface area (Å²) in [5.41, 5.74) is 5.42. The minimum absolute atomic E-state index is 0.0191. The van der Waals surface area contributed by atoms with Gasteiger partial charge in [0.2, 0.25) is 5.91 Å². The lowest BCUT2D eigenvalue weighted by Crippen LogP contribution is -2.43. The van der Waals surface area contributed by atoms with Crippen LogP contribution >= 0.6 is 0 Å². The molecule has 0 aromatic heterocycles. The molecule has 80 valence electrons. The molecule has 2 fully saturated rings. The van der Waals surface area contributed by atoms with Crippen LogP contribution in [0.3, 0.4) is 0 Å². The van der Waals surface area contributed by atoms with Crippen molar-refractivity contribution in [2.75, 3.05) is 13.1 Å². The highest BCUT2D eigenvalue weighted by molar-refractivity contribution is 5.77. The smallest absolute Gasteiger partial charge is 0.222 e.